The molecule has 0 bridgehead atoms. The molecule has 0 unspecified atom stereocenters. The molecule has 0 spiro atoms. The van der Waals surface area contributed by atoms with E-state index in [-0.39, 0.29) is 34.9 Å². The molecule has 2 aliphatic carbocycles. The predicted octanol–water partition coefficient (Wildman–Crippen LogP) is 4.51. The van der Waals surface area contributed by atoms with E-state index in [1.807, 2.05) is 0 Å². The first-order valence-corrected chi connectivity index (χ1v) is 17.1. The molecule has 2 fully saturated rings. The van der Waals surface area contributed by atoms with Gasteiger partial charge in [-0.25, -0.2) is 26.3 Å². The van der Waals surface area contributed by atoms with Crippen molar-refractivity contribution < 1.29 is 40.2 Å². The summed E-state index contributed by atoms with van der Waals surface area (Å²) in [5.41, 5.74) is -1.71. The van der Waals surface area contributed by atoms with Crippen molar-refractivity contribution in [1.29, 1.82) is 0 Å². The van der Waals surface area contributed by atoms with E-state index in [1.54, 1.807) is 11.5 Å². The number of aliphatic hydroxyl groups excluding tert-OH is 1. The fraction of sp³-hybridized carbons (Fsp3) is 0.643. The Labute approximate surface area is 245 Å². The SMILES string of the molecule is Cc1c(S(=O)(=O)NC2CC(C(O)O)C2)cc(-c2ccc(S(=O)(=O)NC(C)(C)C)c(C(F)(F)F)c2)n1CC1CCCCC1. The van der Waals surface area contributed by atoms with Gasteiger partial charge in [0.1, 0.15) is 4.90 Å². The Morgan fingerprint density at radius 3 is 2.12 bits per heavy atom. The van der Waals surface area contributed by atoms with E-state index in [0.29, 0.717) is 12.2 Å². The number of nitrogens with zero attached hydrogens (tertiary/aromatic N) is 1. The van der Waals surface area contributed by atoms with Crippen LogP contribution in [0.4, 0.5) is 13.2 Å². The van der Waals surface area contributed by atoms with Crippen LogP contribution in [0, 0.1) is 18.8 Å². The summed E-state index contributed by atoms with van der Waals surface area (Å²) in [6, 6.07) is 3.81. The molecule has 42 heavy (non-hydrogen) atoms. The maximum atomic E-state index is 14.3. The number of aromatic nitrogens is 1. The number of alkyl halides is 3. The zero-order chi connectivity index (χ0) is 31.3. The zero-order valence-electron chi connectivity index (χ0n) is 24.2. The molecule has 1 aromatic carbocycles. The molecule has 2 aliphatic rings. The van der Waals surface area contributed by atoms with Crippen LogP contribution < -0.4 is 9.44 Å². The van der Waals surface area contributed by atoms with Gasteiger partial charge in [-0.1, -0.05) is 25.3 Å². The Hall–Kier alpha value is -1.97. The molecule has 0 aliphatic heterocycles. The topological polar surface area (TPSA) is 138 Å². The highest BCUT2D eigenvalue weighted by atomic mass is 32.2. The van der Waals surface area contributed by atoms with Crippen LogP contribution in [0.25, 0.3) is 11.3 Å². The van der Waals surface area contributed by atoms with Gasteiger partial charge < -0.3 is 14.8 Å². The minimum Gasteiger partial charge on any atom is -0.368 e. The lowest BCUT2D eigenvalue weighted by Gasteiger charge is -2.36. The Kier molecular flexibility index (Phi) is 9.29. The fourth-order valence-electron chi connectivity index (χ4n) is 5.88. The van der Waals surface area contributed by atoms with E-state index in [1.165, 1.54) is 32.9 Å². The number of sulfonamides is 2. The third-order valence-corrected chi connectivity index (χ3v) is 11.5. The van der Waals surface area contributed by atoms with Gasteiger partial charge in [-0.3, -0.25) is 0 Å². The largest absolute Gasteiger partial charge is 0.417 e. The molecule has 9 nitrogen and oxygen atoms in total. The predicted molar refractivity (Wildman–Crippen MR) is 151 cm³/mol. The molecule has 0 radical (unpaired) electrons. The molecule has 0 amide bonds. The normalized spacial score (nSPS) is 21.1. The number of nitrogens with one attached hydrogen (secondary N) is 2. The molecule has 0 saturated heterocycles. The second-order valence-electron chi connectivity index (χ2n) is 12.6. The van der Waals surface area contributed by atoms with Crippen molar-refractivity contribution in [2.24, 2.45) is 11.8 Å². The summed E-state index contributed by atoms with van der Waals surface area (Å²) >= 11 is 0. The maximum Gasteiger partial charge on any atom is 0.417 e. The van der Waals surface area contributed by atoms with E-state index in [2.05, 4.69) is 9.44 Å². The third kappa shape index (κ3) is 7.39. The van der Waals surface area contributed by atoms with Gasteiger partial charge in [0.2, 0.25) is 20.0 Å². The molecule has 236 valence electrons. The molecule has 4 N–H and O–H groups in total. The zero-order valence-corrected chi connectivity index (χ0v) is 25.8. The first-order valence-electron chi connectivity index (χ1n) is 14.1. The summed E-state index contributed by atoms with van der Waals surface area (Å²) in [6.07, 6.45) is -1.10. The Morgan fingerprint density at radius 2 is 1.57 bits per heavy atom. The average molecular weight is 636 g/mol. The van der Waals surface area contributed by atoms with E-state index in [9.17, 15) is 40.2 Å². The van der Waals surface area contributed by atoms with Crippen molar-refractivity contribution in [2.45, 2.75) is 113 Å². The lowest BCUT2D eigenvalue weighted by Crippen LogP contribution is -2.47. The van der Waals surface area contributed by atoms with Crippen molar-refractivity contribution in [3.05, 3.63) is 35.5 Å². The smallest absolute Gasteiger partial charge is 0.368 e. The van der Waals surface area contributed by atoms with Gasteiger partial charge in [0.25, 0.3) is 0 Å². The highest BCUT2D eigenvalue weighted by Crippen LogP contribution is 2.40. The van der Waals surface area contributed by atoms with Crippen molar-refractivity contribution in [3.8, 4) is 11.3 Å². The van der Waals surface area contributed by atoms with Gasteiger partial charge >= 0.3 is 6.18 Å². The van der Waals surface area contributed by atoms with Gasteiger partial charge in [-0.15, -0.1) is 0 Å². The van der Waals surface area contributed by atoms with Crippen LogP contribution in [0.5, 0.6) is 0 Å². The van der Waals surface area contributed by atoms with Gasteiger partial charge in [0.05, 0.1) is 10.5 Å². The van der Waals surface area contributed by atoms with Crippen LogP contribution >= 0.6 is 0 Å². The number of hydrogen-bond acceptors (Lipinski definition) is 6. The van der Waals surface area contributed by atoms with Crippen molar-refractivity contribution in [1.82, 2.24) is 14.0 Å². The summed E-state index contributed by atoms with van der Waals surface area (Å²) in [4.78, 5) is -0.989. The summed E-state index contributed by atoms with van der Waals surface area (Å²) < 4.78 is 102. The van der Waals surface area contributed by atoms with Gasteiger partial charge in [-0.2, -0.15) is 13.2 Å². The van der Waals surface area contributed by atoms with Crippen LogP contribution in [0.1, 0.15) is 77.0 Å². The first-order chi connectivity index (χ1) is 19.3. The number of rotatable bonds is 9. The quantitative estimate of drug-likeness (QED) is 0.300. The monoisotopic (exact) mass is 635 g/mol. The van der Waals surface area contributed by atoms with Gasteiger partial charge in [0.15, 0.2) is 6.29 Å². The minimum absolute atomic E-state index is 0.0458. The van der Waals surface area contributed by atoms with Crippen LogP contribution in [0.2, 0.25) is 0 Å². The van der Waals surface area contributed by atoms with E-state index >= 15 is 0 Å². The van der Waals surface area contributed by atoms with E-state index in [4.69, 9.17) is 0 Å². The summed E-state index contributed by atoms with van der Waals surface area (Å²) in [5, 5.41) is 18.7. The standard InChI is InChI=1S/C28H40F3N3O6S2/c1-17-25(41(37,38)32-21-12-20(13-21)26(35)36)15-23(34(17)16-18-8-6-5-7-9-18)19-10-11-24(22(14-19)28(29,30)31)42(39,40)33-27(2,3)4/h10-11,14-15,18,20-21,26,32-33,35-36H,5-9,12-13,16H2,1-4H3. The second-order valence-corrected chi connectivity index (χ2v) is 16.0. The molecule has 1 heterocycles. The molecule has 4 rings (SSSR count). The van der Waals surface area contributed by atoms with Crippen molar-refractivity contribution in [3.63, 3.8) is 0 Å². The Balaban J connectivity index is 1.80. The summed E-state index contributed by atoms with van der Waals surface area (Å²) in [7, 11) is -8.63. The molecule has 0 atom stereocenters. The number of aliphatic hydroxyl groups is 2. The lowest BCUT2D eigenvalue weighted by atomic mass is 9.80. The van der Waals surface area contributed by atoms with Crippen LogP contribution in [0.3, 0.4) is 0 Å². The second kappa shape index (κ2) is 11.8. The van der Waals surface area contributed by atoms with E-state index < -0.39 is 60.5 Å². The molecule has 14 heteroatoms. The highest BCUT2D eigenvalue weighted by Gasteiger charge is 2.40. The van der Waals surface area contributed by atoms with Gasteiger partial charge in [0, 0.05) is 35.4 Å². The molecular formula is C28H40F3N3O6S2. The van der Waals surface area contributed by atoms with Crippen LogP contribution in [-0.4, -0.2) is 49.5 Å². The lowest BCUT2D eigenvalue weighted by molar-refractivity contribution is -0.139. The Morgan fingerprint density at radius 1 is 0.952 bits per heavy atom. The summed E-state index contributed by atoms with van der Waals surface area (Å²) in [5.74, 6) is -0.225. The number of benzene rings is 1. The average Bonchev–Trinajstić information content (AvgIpc) is 3.16. The molecule has 2 aromatic rings. The maximum absolute atomic E-state index is 14.3. The Bertz CT molecular complexity index is 1500. The van der Waals surface area contributed by atoms with Crippen LogP contribution in [-0.2, 0) is 32.8 Å². The van der Waals surface area contributed by atoms with Crippen LogP contribution in [0.15, 0.2) is 34.1 Å². The minimum atomic E-state index is -5.00. The van der Waals surface area contributed by atoms with Gasteiger partial charge in [-0.05, 0) is 83.1 Å². The molecular weight excluding hydrogens is 595 g/mol. The number of hydrogen-bond donors (Lipinski definition) is 4. The number of halogens is 3. The molecule has 2 saturated carbocycles. The van der Waals surface area contributed by atoms with E-state index in [0.717, 1.165) is 44.2 Å². The molecule has 1 aromatic heterocycles. The first kappa shape index (κ1) is 32.9. The van der Waals surface area contributed by atoms with Crippen molar-refractivity contribution >= 4 is 20.0 Å². The summed E-state index contributed by atoms with van der Waals surface area (Å²) in [6.45, 7) is 6.60. The fourth-order valence-corrected chi connectivity index (χ4v) is 9.03. The highest BCUT2D eigenvalue weighted by molar-refractivity contribution is 7.89. The van der Waals surface area contributed by atoms with Crippen molar-refractivity contribution in [2.75, 3.05) is 0 Å². The third-order valence-electron chi connectivity index (χ3n) is 8.00.